The third kappa shape index (κ3) is 3.57. The zero-order valence-corrected chi connectivity index (χ0v) is 10.2. The molecule has 1 N–H and O–H groups in total. The van der Waals surface area contributed by atoms with Gasteiger partial charge in [-0.2, -0.15) is 5.10 Å². The van der Waals surface area contributed by atoms with E-state index in [1.165, 1.54) is 6.21 Å². The number of thiophene rings is 1. The summed E-state index contributed by atoms with van der Waals surface area (Å²) in [7, 11) is 0. The number of nitrogens with one attached hydrogen (secondary N) is 1. The van der Waals surface area contributed by atoms with Crippen LogP contribution in [-0.4, -0.2) is 12.1 Å². The van der Waals surface area contributed by atoms with Gasteiger partial charge in [0.1, 0.15) is 11.5 Å². The highest BCUT2D eigenvalue weighted by Crippen LogP contribution is 2.08. The molecule has 4 nitrogen and oxygen atoms in total. The molecule has 0 aliphatic carbocycles. The molecule has 5 heteroatoms. The lowest BCUT2D eigenvalue weighted by molar-refractivity contribution is -0.120. The second-order valence-corrected chi connectivity index (χ2v) is 4.53. The van der Waals surface area contributed by atoms with Crippen LogP contribution in [0.15, 0.2) is 39.2 Å². The first-order chi connectivity index (χ1) is 8.24. The van der Waals surface area contributed by atoms with Crippen LogP contribution >= 0.6 is 11.3 Å². The Hall–Kier alpha value is -1.88. The molecule has 0 fully saturated rings. The van der Waals surface area contributed by atoms with Crippen molar-refractivity contribution in [2.45, 2.75) is 13.3 Å². The maximum atomic E-state index is 11.5. The van der Waals surface area contributed by atoms with E-state index in [2.05, 4.69) is 10.5 Å². The average Bonchev–Trinajstić information content (AvgIpc) is 2.90. The van der Waals surface area contributed by atoms with Gasteiger partial charge in [0.2, 0.25) is 5.91 Å². The van der Waals surface area contributed by atoms with Crippen molar-refractivity contribution in [3.63, 3.8) is 0 Å². The Morgan fingerprint density at radius 3 is 3.06 bits per heavy atom. The van der Waals surface area contributed by atoms with Crippen molar-refractivity contribution >= 4 is 23.5 Å². The highest BCUT2D eigenvalue weighted by molar-refractivity contribution is 7.10. The number of hydrazone groups is 1. The lowest BCUT2D eigenvalue weighted by Crippen LogP contribution is -2.19. The molecule has 2 rings (SSSR count). The van der Waals surface area contributed by atoms with Crippen LogP contribution in [-0.2, 0) is 11.2 Å². The zero-order valence-electron chi connectivity index (χ0n) is 9.34. The van der Waals surface area contributed by atoms with E-state index in [-0.39, 0.29) is 5.91 Å². The van der Waals surface area contributed by atoms with Crippen LogP contribution in [0.4, 0.5) is 0 Å². The molecular weight excluding hydrogens is 236 g/mol. The van der Waals surface area contributed by atoms with Crippen LogP contribution in [0.1, 0.15) is 16.4 Å². The quantitative estimate of drug-likeness (QED) is 0.667. The number of nitrogens with zero attached hydrogens (tertiary/aromatic N) is 1. The lowest BCUT2D eigenvalue weighted by atomic mass is 10.3. The normalized spacial score (nSPS) is 10.9. The van der Waals surface area contributed by atoms with E-state index in [4.69, 9.17) is 4.42 Å². The van der Waals surface area contributed by atoms with Crippen molar-refractivity contribution in [3.8, 4) is 0 Å². The number of amides is 1. The van der Waals surface area contributed by atoms with Crippen molar-refractivity contribution < 1.29 is 9.21 Å². The van der Waals surface area contributed by atoms with Crippen molar-refractivity contribution in [1.29, 1.82) is 0 Å². The molecule has 0 saturated heterocycles. The van der Waals surface area contributed by atoms with Gasteiger partial charge in [0.05, 0.1) is 12.6 Å². The first-order valence-corrected chi connectivity index (χ1v) is 6.03. The zero-order chi connectivity index (χ0) is 12.1. The molecule has 2 aromatic rings. The van der Waals surface area contributed by atoms with Crippen molar-refractivity contribution in [1.82, 2.24) is 5.43 Å². The molecule has 0 saturated carbocycles. The molecule has 88 valence electrons. The van der Waals surface area contributed by atoms with Gasteiger partial charge in [0.25, 0.3) is 0 Å². The van der Waals surface area contributed by atoms with Gasteiger partial charge in [-0.1, -0.05) is 6.07 Å². The second-order valence-electron chi connectivity index (χ2n) is 3.50. The fraction of sp³-hybridized carbons (Fsp3) is 0.167. The highest BCUT2D eigenvalue weighted by atomic mass is 32.1. The largest absolute Gasteiger partial charge is 0.460 e. The fourth-order valence-electron chi connectivity index (χ4n) is 1.30. The summed E-state index contributed by atoms with van der Waals surface area (Å²) in [6.45, 7) is 1.85. The molecule has 0 aliphatic heterocycles. The van der Waals surface area contributed by atoms with E-state index >= 15 is 0 Å². The van der Waals surface area contributed by atoms with Gasteiger partial charge >= 0.3 is 0 Å². The molecule has 0 radical (unpaired) electrons. The van der Waals surface area contributed by atoms with E-state index in [0.717, 1.165) is 10.6 Å². The Morgan fingerprint density at radius 2 is 2.41 bits per heavy atom. The summed E-state index contributed by atoms with van der Waals surface area (Å²) in [5.41, 5.74) is 2.46. The van der Waals surface area contributed by atoms with Crippen LogP contribution < -0.4 is 5.43 Å². The molecule has 2 aromatic heterocycles. The number of hydrogen-bond acceptors (Lipinski definition) is 4. The van der Waals surface area contributed by atoms with E-state index in [9.17, 15) is 4.79 Å². The van der Waals surface area contributed by atoms with Crippen molar-refractivity contribution in [2.24, 2.45) is 5.10 Å². The van der Waals surface area contributed by atoms with Crippen molar-refractivity contribution in [2.75, 3.05) is 0 Å². The Balaban J connectivity index is 1.82. The minimum Gasteiger partial charge on any atom is -0.460 e. The maximum Gasteiger partial charge on any atom is 0.245 e. The van der Waals surface area contributed by atoms with Gasteiger partial charge in [-0.3, -0.25) is 4.79 Å². The monoisotopic (exact) mass is 248 g/mol. The van der Waals surface area contributed by atoms with Gasteiger partial charge in [-0.25, -0.2) is 5.43 Å². The molecule has 17 heavy (non-hydrogen) atoms. The first kappa shape index (κ1) is 11.6. The third-order valence-electron chi connectivity index (χ3n) is 2.06. The van der Waals surface area contributed by atoms with Crippen LogP contribution in [0, 0.1) is 6.92 Å². The van der Waals surface area contributed by atoms with Crippen LogP contribution in [0.5, 0.6) is 0 Å². The van der Waals surface area contributed by atoms with Gasteiger partial charge in [0.15, 0.2) is 0 Å². The average molecular weight is 248 g/mol. The molecule has 0 atom stereocenters. The molecule has 0 spiro atoms. The molecule has 0 bridgehead atoms. The smallest absolute Gasteiger partial charge is 0.245 e. The molecule has 2 heterocycles. The molecule has 0 aromatic carbocycles. The summed E-state index contributed by atoms with van der Waals surface area (Å²) < 4.78 is 5.27. The van der Waals surface area contributed by atoms with Gasteiger partial charge < -0.3 is 4.42 Å². The number of hydrogen-bond donors (Lipinski definition) is 1. The number of rotatable bonds is 4. The third-order valence-corrected chi connectivity index (χ3v) is 2.93. The number of aryl methyl sites for hydroxylation is 1. The fourth-order valence-corrected chi connectivity index (χ4v) is 2.01. The number of carbonyl (C=O) groups excluding carboxylic acids is 1. The predicted octanol–water partition coefficient (Wildman–Crippen LogP) is 2.34. The summed E-state index contributed by atoms with van der Waals surface area (Å²) in [5.74, 6) is 1.31. The van der Waals surface area contributed by atoms with E-state index < -0.39 is 0 Å². The lowest BCUT2D eigenvalue weighted by Gasteiger charge is -1.96. The van der Waals surface area contributed by atoms with Crippen LogP contribution in [0.3, 0.4) is 0 Å². The Kier molecular flexibility index (Phi) is 3.72. The minimum absolute atomic E-state index is 0.132. The number of carbonyl (C=O) groups is 1. The van der Waals surface area contributed by atoms with Crippen LogP contribution in [0.25, 0.3) is 0 Å². The summed E-state index contributed by atoms with van der Waals surface area (Å²) in [6, 6.07) is 7.48. The van der Waals surface area contributed by atoms with Crippen molar-refractivity contribution in [3.05, 3.63) is 46.0 Å². The summed E-state index contributed by atoms with van der Waals surface area (Å²) >= 11 is 1.55. The van der Waals surface area contributed by atoms with E-state index in [1.807, 2.05) is 30.5 Å². The molecular formula is C12H12N2O2S. The molecule has 1 amide bonds. The summed E-state index contributed by atoms with van der Waals surface area (Å²) in [6.07, 6.45) is 1.84. The van der Waals surface area contributed by atoms with Gasteiger partial charge in [-0.15, -0.1) is 11.3 Å². The second kappa shape index (κ2) is 5.45. The van der Waals surface area contributed by atoms with E-state index in [1.54, 1.807) is 17.4 Å². The predicted molar refractivity (Wildman–Crippen MR) is 67.2 cm³/mol. The maximum absolute atomic E-state index is 11.5. The molecule has 0 aliphatic rings. The van der Waals surface area contributed by atoms with Crippen LogP contribution in [0.2, 0.25) is 0 Å². The molecule has 0 unspecified atom stereocenters. The highest BCUT2D eigenvalue weighted by Gasteiger charge is 2.02. The SMILES string of the molecule is Cc1ccc(/C=N/NC(=O)Cc2cccs2)o1. The minimum atomic E-state index is -0.132. The van der Waals surface area contributed by atoms with Gasteiger partial charge in [-0.05, 0) is 30.5 Å². The topological polar surface area (TPSA) is 54.6 Å². The Labute approximate surface area is 103 Å². The summed E-state index contributed by atoms with van der Waals surface area (Å²) in [5, 5.41) is 5.76. The standard InChI is InChI=1S/C12H12N2O2S/c1-9-4-5-10(16-9)8-13-14-12(15)7-11-3-2-6-17-11/h2-6,8H,7H2,1H3,(H,14,15)/b13-8+. The van der Waals surface area contributed by atoms with E-state index in [0.29, 0.717) is 12.2 Å². The Morgan fingerprint density at radius 1 is 1.53 bits per heavy atom. The number of furan rings is 1. The first-order valence-electron chi connectivity index (χ1n) is 5.15. The Bertz CT molecular complexity index is 514. The van der Waals surface area contributed by atoms with Gasteiger partial charge in [0, 0.05) is 4.88 Å². The summed E-state index contributed by atoms with van der Waals surface area (Å²) in [4.78, 5) is 12.5.